The number of anilines is 1. The molecular weight excluding hydrogens is 636 g/mol. The van der Waals surface area contributed by atoms with Crippen LogP contribution < -0.4 is 9.62 Å². The maximum atomic E-state index is 15.0. The number of hydrogen-bond acceptors (Lipinski definition) is 4. The quantitative estimate of drug-likeness (QED) is 0.180. The number of nitrogens with one attached hydrogen (secondary N) is 1. The zero-order chi connectivity index (χ0) is 32.7. The van der Waals surface area contributed by atoms with Crippen LogP contribution in [0.3, 0.4) is 0 Å². The van der Waals surface area contributed by atoms with Crippen molar-refractivity contribution < 1.29 is 22.4 Å². The summed E-state index contributed by atoms with van der Waals surface area (Å²) in [5.41, 5.74) is 1.74. The molecule has 0 radical (unpaired) electrons. The smallest absolute Gasteiger partial charge is 0.264 e. The van der Waals surface area contributed by atoms with Crippen molar-refractivity contribution in [2.24, 2.45) is 0 Å². The minimum atomic E-state index is -4.38. The molecule has 0 heterocycles. The van der Waals surface area contributed by atoms with Crippen LogP contribution in [0.25, 0.3) is 0 Å². The largest absolute Gasteiger partial charge is 0.352 e. The first-order valence-electron chi connectivity index (χ1n) is 14.3. The molecule has 0 aromatic heterocycles. The Hall–Kier alpha value is -3.92. The van der Waals surface area contributed by atoms with Crippen LogP contribution >= 0.6 is 23.2 Å². The molecule has 0 aliphatic heterocycles. The lowest BCUT2D eigenvalue weighted by Crippen LogP contribution is -2.54. The third-order valence-corrected chi connectivity index (χ3v) is 9.67. The molecule has 0 bridgehead atoms. The Morgan fingerprint density at radius 2 is 1.51 bits per heavy atom. The minimum Gasteiger partial charge on any atom is -0.352 e. The number of carbonyl (C=O) groups is 2. The highest BCUT2D eigenvalue weighted by atomic mass is 35.5. The number of halogens is 3. The number of benzene rings is 4. The van der Waals surface area contributed by atoms with E-state index in [0.717, 1.165) is 15.4 Å². The number of rotatable bonds is 12. The molecular formula is C34H34Cl2FN3O4S. The van der Waals surface area contributed by atoms with E-state index in [1.807, 2.05) is 37.3 Å². The second kappa shape index (κ2) is 14.9. The Morgan fingerprint density at radius 3 is 2.16 bits per heavy atom. The lowest BCUT2D eigenvalue weighted by Gasteiger charge is -2.34. The van der Waals surface area contributed by atoms with E-state index in [4.69, 9.17) is 23.2 Å². The Morgan fingerprint density at radius 1 is 0.867 bits per heavy atom. The van der Waals surface area contributed by atoms with Crippen molar-refractivity contribution in [1.29, 1.82) is 0 Å². The van der Waals surface area contributed by atoms with E-state index in [-0.39, 0.29) is 45.2 Å². The summed E-state index contributed by atoms with van der Waals surface area (Å²) in [5.74, 6) is -1.78. The summed E-state index contributed by atoms with van der Waals surface area (Å²) in [6.07, 6.45) is 0.0994. The minimum absolute atomic E-state index is 0.0184. The van der Waals surface area contributed by atoms with Gasteiger partial charge in [-0.05, 0) is 56.7 Å². The lowest BCUT2D eigenvalue weighted by molar-refractivity contribution is -0.140. The van der Waals surface area contributed by atoms with E-state index in [1.54, 1.807) is 32.0 Å². The van der Waals surface area contributed by atoms with Gasteiger partial charge in [-0.25, -0.2) is 12.8 Å². The lowest BCUT2D eigenvalue weighted by atomic mass is 10.0. The molecule has 0 saturated carbocycles. The second-order valence-electron chi connectivity index (χ2n) is 10.9. The topological polar surface area (TPSA) is 86.8 Å². The average Bonchev–Trinajstić information content (AvgIpc) is 3.00. The Bertz CT molecular complexity index is 1750. The molecule has 11 heteroatoms. The number of nitrogens with zero attached hydrogens (tertiary/aromatic N) is 2. The van der Waals surface area contributed by atoms with E-state index in [1.165, 1.54) is 53.4 Å². The van der Waals surface area contributed by atoms with Crippen LogP contribution in [0.15, 0.2) is 102 Å². The van der Waals surface area contributed by atoms with E-state index in [2.05, 4.69) is 5.32 Å². The molecule has 0 saturated heterocycles. The third-order valence-electron chi connectivity index (χ3n) is 7.09. The molecule has 7 nitrogen and oxygen atoms in total. The summed E-state index contributed by atoms with van der Waals surface area (Å²) in [7, 11) is -4.38. The van der Waals surface area contributed by atoms with Crippen molar-refractivity contribution in [3.63, 3.8) is 0 Å². The Kier molecular flexibility index (Phi) is 11.3. The van der Waals surface area contributed by atoms with Crippen LogP contribution in [0.5, 0.6) is 0 Å². The molecule has 0 aliphatic rings. The third kappa shape index (κ3) is 8.42. The molecule has 0 unspecified atom stereocenters. The number of aryl methyl sites for hydroxylation is 1. The molecule has 1 N–H and O–H groups in total. The van der Waals surface area contributed by atoms with E-state index >= 15 is 4.39 Å². The van der Waals surface area contributed by atoms with Gasteiger partial charge in [0, 0.05) is 24.6 Å². The molecule has 0 fully saturated rings. The second-order valence-corrected chi connectivity index (χ2v) is 13.5. The maximum Gasteiger partial charge on any atom is 0.264 e. The number of hydrogen-bond donors (Lipinski definition) is 1. The average molecular weight is 671 g/mol. The van der Waals surface area contributed by atoms with Crippen LogP contribution in [0.2, 0.25) is 10.0 Å². The summed E-state index contributed by atoms with van der Waals surface area (Å²) >= 11 is 12.8. The SMILES string of the molecule is Cc1ccc(S(=O)(=O)N(CC(=O)N(Cc2ccccc2F)[C@H](Cc2ccccc2)C(=O)NC(C)C)c2cccc(Cl)c2Cl)cc1. The molecule has 236 valence electrons. The fourth-order valence-corrected chi connectivity index (χ4v) is 6.65. The van der Waals surface area contributed by atoms with Crippen molar-refractivity contribution in [3.05, 3.63) is 130 Å². The van der Waals surface area contributed by atoms with Crippen molar-refractivity contribution >= 4 is 50.7 Å². The van der Waals surface area contributed by atoms with E-state index < -0.39 is 40.2 Å². The van der Waals surface area contributed by atoms with E-state index in [9.17, 15) is 18.0 Å². The predicted molar refractivity (Wildman–Crippen MR) is 176 cm³/mol. The van der Waals surface area contributed by atoms with Crippen molar-refractivity contribution in [1.82, 2.24) is 10.2 Å². The summed E-state index contributed by atoms with van der Waals surface area (Å²) in [5, 5.41) is 2.89. The Balaban J connectivity index is 1.85. The van der Waals surface area contributed by atoms with Gasteiger partial charge in [0.25, 0.3) is 10.0 Å². The fourth-order valence-electron chi connectivity index (χ4n) is 4.78. The van der Waals surface area contributed by atoms with Gasteiger partial charge in [0.2, 0.25) is 11.8 Å². The van der Waals surface area contributed by atoms with Crippen LogP contribution in [0.4, 0.5) is 10.1 Å². The highest BCUT2D eigenvalue weighted by Gasteiger charge is 2.36. The number of sulfonamides is 1. The van der Waals surface area contributed by atoms with Gasteiger partial charge in [-0.1, -0.05) is 95.5 Å². The summed E-state index contributed by atoms with van der Waals surface area (Å²) in [6, 6.07) is 24.3. The van der Waals surface area contributed by atoms with Crippen molar-refractivity contribution in [3.8, 4) is 0 Å². The molecule has 2 amide bonds. The Labute approximate surface area is 273 Å². The molecule has 1 atom stereocenters. The standard InChI is InChI=1S/C34H34Cl2FN3O4S/c1-23(2)38-34(42)31(20-25-10-5-4-6-11-25)39(21-26-12-7-8-14-29(26)37)32(41)22-40(30-15-9-13-28(35)33(30)36)45(43,44)27-18-16-24(3)17-19-27/h4-19,23,31H,20-22H2,1-3H3,(H,38,42)/t31-/m1/s1. The normalized spacial score (nSPS) is 12.1. The van der Waals surface area contributed by atoms with Crippen LogP contribution in [-0.2, 0) is 32.6 Å². The van der Waals surface area contributed by atoms with Crippen LogP contribution in [0, 0.1) is 12.7 Å². The summed E-state index contributed by atoms with van der Waals surface area (Å²) in [6.45, 7) is 4.36. The molecule has 4 aromatic rings. The molecule has 4 rings (SSSR count). The van der Waals surface area contributed by atoms with Gasteiger partial charge in [0.1, 0.15) is 18.4 Å². The zero-order valence-electron chi connectivity index (χ0n) is 25.1. The maximum absolute atomic E-state index is 15.0. The van der Waals surface area contributed by atoms with Gasteiger partial charge in [0.05, 0.1) is 20.6 Å². The van der Waals surface area contributed by atoms with Crippen molar-refractivity contribution in [2.45, 2.75) is 50.7 Å². The monoisotopic (exact) mass is 669 g/mol. The molecule has 45 heavy (non-hydrogen) atoms. The number of carbonyl (C=O) groups excluding carboxylic acids is 2. The highest BCUT2D eigenvalue weighted by Crippen LogP contribution is 2.35. The number of amides is 2. The molecule has 0 aliphatic carbocycles. The van der Waals surface area contributed by atoms with Crippen molar-refractivity contribution in [2.75, 3.05) is 10.8 Å². The van der Waals surface area contributed by atoms with Gasteiger partial charge >= 0.3 is 0 Å². The first-order valence-corrected chi connectivity index (χ1v) is 16.5. The molecule has 4 aromatic carbocycles. The summed E-state index contributed by atoms with van der Waals surface area (Å²) in [4.78, 5) is 29.3. The van der Waals surface area contributed by atoms with Gasteiger partial charge in [-0.2, -0.15) is 0 Å². The molecule has 0 spiro atoms. The first kappa shape index (κ1) is 34.0. The van der Waals surface area contributed by atoms with Gasteiger partial charge < -0.3 is 10.2 Å². The van der Waals surface area contributed by atoms with E-state index in [0.29, 0.717) is 0 Å². The van der Waals surface area contributed by atoms with Gasteiger partial charge in [0.15, 0.2) is 0 Å². The fraction of sp³-hybridized carbons (Fsp3) is 0.235. The first-order chi connectivity index (χ1) is 21.4. The van der Waals surface area contributed by atoms with Crippen LogP contribution in [-0.4, -0.2) is 43.8 Å². The summed E-state index contributed by atoms with van der Waals surface area (Å²) < 4.78 is 44.1. The van der Waals surface area contributed by atoms with Crippen LogP contribution in [0.1, 0.15) is 30.5 Å². The van der Waals surface area contributed by atoms with Gasteiger partial charge in [-0.15, -0.1) is 0 Å². The zero-order valence-corrected chi connectivity index (χ0v) is 27.4. The van der Waals surface area contributed by atoms with Gasteiger partial charge in [-0.3, -0.25) is 13.9 Å². The predicted octanol–water partition coefficient (Wildman–Crippen LogP) is 6.80. The highest BCUT2D eigenvalue weighted by molar-refractivity contribution is 7.92.